The molecular formula is C26H17ClF3N3O7. The number of nitro groups is 1. The summed E-state index contributed by atoms with van der Waals surface area (Å²) in [4.78, 5) is 49.2. The summed E-state index contributed by atoms with van der Waals surface area (Å²) in [5, 5.41) is 13.8. The van der Waals surface area contributed by atoms with Crippen LogP contribution in [0.5, 0.6) is 17.2 Å². The van der Waals surface area contributed by atoms with Gasteiger partial charge in [0.15, 0.2) is 11.5 Å². The number of rotatable bonds is 7. The number of carbonyl (C=O) groups excluding carboxylic acids is 3. The second kappa shape index (κ2) is 11.1. The number of barbiturate groups is 1. The van der Waals surface area contributed by atoms with E-state index < -0.39 is 51.5 Å². The van der Waals surface area contributed by atoms with Gasteiger partial charge in [0.25, 0.3) is 11.8 Å². The Morgan fingerprint density at radius 3 is 2.40 bits per heavy atom. The highest BCUT2D eigenvalue weighted by atomic mass is 35.5. The molecule has 0 atom stereocenters. The highest BCUT2D eigenvalue weighted by molar-refractivity contribution is 6.39. The molecule has 0 saturated carbocycles. The van der Waals surface area contributed by atoms with Gasteiger partial charge in [-0.1, -0.05) is 23.7 Å². The number of amides is 4. The number of nitrogens with zero attached hydrogens (tertiary/aromatic N) is 2. The SMILES string of the molecule is CCOc1cc(/C=C2\C(=O)NC(=O)N(c3cccc(Cl)c3)C2=O)ccc1Oc1ccc(C(F)(F)F)cc1[N+](=O)[O-]. The number of anilines is 1. The normalized spacial score (nSPS) is 14.8. The van der Waals surface area contributed by atoms with Crippen LogP contribution in [-0.4, -0.2) is 29.4 Å². The Hall–Kier alpha value is -4.91. The summed E-state index contributed by atoms with van der Waals surface area (Å²) in [7, 11) is 0. The van der Waals surface area contributed by atoms with Gasteiger partial charge in [-0.2, -0.15) is 13.2 Å². The lowest BCUT2D eigenvalue weighted by Gasteiger charge is -2.26. The number of nitrogens with one attached hydrogen (secondary N) is 1. The van der Waals surface area contributed by atoms with Crippen LogP contribution in [0, 0.1) is 10.1 Å². The summed E-state index contributed by atoms with van der Waals surface area (Å²) in [6.45, 7) is 1.73. The minimum Gasteiger partial charge on any atom is -0.490 e. The zero-order valence-corrected chi connectivity index (χ0v) is 21.1. The first-order valence-electron chi connectivity index (χ1n) is 11.4. The highest BCUT2D eigenvalue weighted by Crippen LogP contribution is 2.40. The van der Waals surface area contributed by atoms with Crippen molar-refractivity contribution in [2.45, 2.75) is 13.1 Å². The Morgan fingerprint density at radius 2 is 1.75 bits per heavy atom. The van der Waals surface area contributed by atoms with Crippen LogP contribution in [0.15, 0.2) is 66.2 Å². The standard InChI is InChI=1S/C26H17ClF3N3O7/c1-2-39-22-11-14(6-8-21(22)40-20-9-7-15(26(28,29)30)12-19(20)33(37)38)10-18-23(34)31-25(36)32(24(18)35)17-5-3-4-16(27)13-17/h3-13H,2H2,1H3,(H,31,34,36)/b18-10+. The van der Waals surface area contributed by atoms with E-state index in [2.05, 4.69) is 5.32 Å². The van der Waals surface area contributed by atoms with Crippen molar-refractivity contribution < 1.29 is 42.0 Å². The Kier molecular flexibility index (Phi) is 7.77. The van der Waals surface area contributed by atoms with Gasteiger partial charge in [-0.05, 0) is 61.0 Å². The van der Waals surface area contributed by atoms with Crippen molar-refractivity contribution in [3.05, 3.63) is 92.5 Å². The topological polar surface area (TPSA) is 128 Å². The molecular weight excluding hydrogens is 559 g/mol. The second-order valence-electron chi connectivity index (χ2n) is 8.12. The van der Waals surface area contributed by atoms with Gasteiger partial charge in [-0.3, -0.25) is 25.0 Å². The summed E-state index contributed by atoms with van der Waals surface area (Å²) >= 11 is 5.96. The van der Waals surface area contributed by atoms with Crippen LogP contribution in [0.2, 0.25) is 5.02 Å². The Balaban J connectivity index is 1.69. The second-order valence-corrected chi connectivity index (χ2v) is 8.55. The number of nitro benzene ring substituents is 1. The zero-order chi connectivity index (χ0) is 29.2. The van der Waals surface area contributed by atoms with Crippen molar-refractivity contribution in [2.75, 3.05) is 11.5 Å². The third kappa shape index (κ3) is 5.89. The summed E-state index contributed by atoms with van der Waals surface area (Å²) in [5.41, 5.74) is -2.16. The van der Waals surface area contributed by atoms with Crippen LogP contribution in [-0.2, 0) is 15.8 Å². The Bertz CT molecular complexity index is 1570. The molecule has 1 saturated heterocycles. The lowest BCUT2D eigenvalue weighted by Crippen LogP contribution is -2.54. The molecule has 206 valence electrons. The smallest absolute Gasteiger partial charge is 0.416 e. The van der Waals surface area contributed by atoms with E-state index in [4.69, 9.17) is 21.1 Å². The number of hydrogen-bond acceptors (Lipinski definition) is 7. The van der Waals surface area contributed by atoms with Crippen LogP contribution in [0.25, 0.3) is 6.08 Å². The van der Waals surface area contributed by atoms with Crippen molar-refractivity contribution in [3.63, 3.8) is 0 Å². The molecule has 3 aromatic carbocycles. The number of halogens is 4. The van der Waals surface area contributed by atoms with Crippen molar-refractivity contribution >= 4 is 46.9 Å². The van der Waals surface area contributed by atoms with E-state index in [-0.39, 0.29) is 34.4 Å². The van der Waals surface area contributed by atoms with E-state index in [1.165, 1.54) is 48.5 Å². The summed E-state index contributed by atoms with van der Waals surface area (Å²) in [6.07, 6.45) is -3.61. The molecule has 1 aliphatic heterocycles. The highest BCUT2D eigenvalue weighted by Gasteiger charge is 2.37. The van der Waals surface area contributed by atoms with E-state index in [0.717, 1.165) is 11.0 Å². The molecule has 1 N–H and O–H groups in total. The lowest BCUT2D eigenvalue weighted by molar-refractivity contribution is -0.385. The fourth-order valence-electron chi connectivity index (χ4n) is 3.68. The largest absolute Gasteiger partial charge is 0.490 e. The minimum absolute atomic E-state index is 0.0116. The maximum absolute atomic E-state index is 13.1. The summed E-state index contributed by atoms with van der Waals surface area (Å²) in [5.74, 6) is -2.41. The first-order valence-corrected chi connectivity index (χ1v) is 11.7. The van der Waals surface area contributed by atoms with Crippen LogP contribution < -0.4 is 19.7 Å². The van der Waals surface area contributed by atoms with E-state index in [1.807, 2.05) is 0 Å². The molecule has 10 nitrogen and oxygen atoms in total. The van der Waals surface area contributed by atoms with Gasteiger partial charge in [0.2, 0.25) is 5.75 Å². The van der Waals surface area contributed by atoms with Gasteiger partial charge in [-0.15, -0.1) is 0 Å². The van der Waals surface area contributed by atoms with Gasteiger partial charge in [0, 0.05) is 11.1 Å². The Morgan fingerprint density at radius 1 is 1.02 bits per heavy atom. The lowest BCUT2D eigenvalue weighted by atomic mass is 10.1. The van der Waals surface area contributed by atoms with E-state index in [9.17, 15) is 37.7 Å². The van der Waals surface area contributed by atoms with Crippen molar-refractivity contribution in [3.8, 4) is 17.2 Å². The molecule has 4 rings (SSSR count). The molecule has 1 fully saturated rings. The zero-order valence-electron chi connectivity index (χ0n) is 20.3. The molecule has 3 aromatic rings. The molecule has 1 heterocycles. The van der Waals surface area contributed by atoms with Crippen molar-refractivity contribution in [2.24, 2.45) is 0 Å². The predicted molar refractivity (Wildman–Crippen MR) is 136 cm³/mol. The van der Waals surface area contributed by atoms with Crippen molar-refractivity contribution in [1.82, 2.24) is 5.32 Å². The first-order chi connectivity index (χ1) is 18.9. The average Bonchev–Trinajstić information content (AvgIpc) is 2.87. The van der Waals surface area contributed by atoms with Gasteiger partial charge >= 0.3 is 17.9 Å². The molecule has 0 aliphatic carbocycles. The van der Waals surface area contributed by atoms with Crippen LogP contribution in [0.1, 0.15) is 18.1 Å². The minimum atomic E-state index is -4.80. The van der Waals surface area contributed by atoms with E-state index >= 15 is 0 Å². The van der Waals surface area contributed by atoms with Crippen LogP contribution >= 0.6 is 11.6 Å². The number of hydrogen-bond donors (Lipinski definition) is 1. The molecule has 0 spiro atoms. The number of imide groups is 2. The van der Waals surface area contributed by atoms with Crippen molar-refractivity contribution in [1.29, 1.82) is 0 Å². The summed E-state index contributed by atoms with van der Waals surface area (Å²) in [6, 6.07) is 10.8. The molecule has 14 heteroatoms. The molecule has 0 bridgehead atoms. The van der Waals surface area contributed by atoms with E-state index in [0.29, 0.717) is 12.1 Å². The van der Waals surface area contributed by atoms with Gasteiger partial charge in [-0.25, -0.2) is 9.69 Å². The average molecular weight is 576 g/mol. The number of ether oxygens (including phenoxy) is 2. The molecule has 0 aromatic heterocycles. The van der Waals surface area contributed by atoms with Crippen LogP contribution in [0.3, 0.4) is 0 Å². The molecule has 0 unspecified atom stereocenters. The molecule has 0 radical (unpaired) electrons. The number of carbonyl (C=O) groups is 3. The molecule has 1 aliphatic rings. The molecule has 40 heavy (non-hydrogen) atoms. The van der Waals surface area contributed by atoms with E-state index in [1.54, 1.807) is 6.92 Å². The summed E-state index contributed by atoms with van der Waals surface area (Å²) < 4.78 is 50.2. The van der Waals surface area contributed by atoms with Gasteiger partial charge in [0.05, 0.1) is 22.8 Å². The fourth-order valence-corrected chi connectivity index (χ4v) is 3.87. The fraction of sp³-hybridized carbons (Fsp3) is 0.115. The molecule has 4 amide bonds. The van der Waals surface area contributed by atoms with Gasteiger partial charge < -0.3 is 9.47 Å². The number of benzene rings is 3. The van der Waals surface area contributed by atoms with Crippen LogP contribution in [0.4, 0.5) is 29.3 Å². The number of alkyl halides is 3. The third-order valence-electron chi connectivity index (χ3n) is 5.45. The first kappa shape index (κ1) is 28.1. The third-order valence-corrected chi connectivity index (χ3v) is 5.68. The van der Waals surface area contributed by atoms with Gasteiger partial charge in [0.1, 0.15) is 5.57 Å². The number of urea groups is 1. The maximum Gasteiger partial charge on any atom is 0.416 e. The quantitative estimate of drug-likeness (QED) is 0.155. The predicted octanol–water partition coefficient (Wildman–Crippen LogP) is 6.12. The Labute approximate surface area is 228 Å². The monoisotopic (exact) mass is 575 g/mol. The maximum atomic E-state index is 13.1.